The second kappa shape index (κ2) is 8.43. The van der Waals surface area contributed by atoms with E-state index in [-0.39, 0.29) is 11.4 Å². The van der Waals surface area contributed by atoms with E-state index in [2.05, 4.69) is 21.9 Å². The van der Waals surface area contributed by atoms with E-state index in [1.807, 2.05) is 6.07 Å². The van der Waals surface area contributed by atoms with E-state index in [0.717, 1.165) is 18.4 Å². The van der Waals surface area contributed by atoms with Crippen LogP contribution in [0.25, 0.3) is 0 Å². The molecule has 0 fully saturated rings. The summed E-state index contributed by atoms with van der Waals surface area (Å²) in [6.45, 7) is 2.86. The van der Waals surface area contributed by atoms with Crippen LogP contribution in [0.4, 0.5) is 5.69 Å². The zero-order chi connectivity index (χ0) is 17.4. The zero-order valence-corrected chi connectivity index (χ0v) is 14.3. The minimum atomic E-state index is -3.70. The first-order chi connectivity index (χ1) is 11.6. The van der Waals surface area contributed by atoms with Crippen LogP contribution < -0.4 is 10.0 Å². The zero-order valence-electron chi connectivity index (χ0n) is 13.5. The van der Waals surface area contributed by atoms with Gasteiger partial charge < -0.3 is 5.32 Å². The molecule has 0 radical (unpaired) electrons. The molecular formula is C17H20N4O2S. The van der Waals surface area contributed by atoms with Gasteiger partial charge in [-0.15, -0.1) is 0 Å². The van der Waals surface area contributed by atoms with E-state index in [9.17, 15) is 8.42 Å². The molecule has 0 unspecified atom stereocenters. The summed E-state index contributed by atoms with van der Waals surface area (Å²) < 4.78 is 27.8. The third-order valence-corrected chi connectivity index (χ3v) is 4.89. The van der Waals surface area contributed by atoms with Crippen LogP contribution in [0.5, 0.6) is 0 Å². The Balaban J connectivity index is 2.22. The monoisotopic (exact) mass is 344 g/mol. The van der Waals surface area contributed by atoms with Crippen molar-refractivity contribution in [2.24, 2.45) is 0 Å². The molecule has 0 aliphatic heterocycles. The number of benzene rings is 1. The van der Waals surface area contributed by atoms with E-state index in [1.165, 1.54) is 12.1 Å². The molecule has 1 aromatic heterocycles. The minimum Gasteiger partial charge on any atom is -0.384 e. The maximum atomic E-state index is 12.6. The molecule has 126 valence electrons. The first kappa shape index (κ1) is 17.9. The van der Waals surface area contributed by atoms with Gasteiger partial charge in [0, 0.05) is 25.5 Å². The standard InChI is InChI=1S/C17H20N4O2S/c1-2-3-9-20-16-10-14(11-18)6-7-17(16)24(22,23)21-13-15-5-4-8-19-12-15/h4-8,10,12,20-21H,2-3,9,13H2,1H3. The van der Waals surface area contributed by atoms with Crippen LogP contribution in [0.15, 0.2) is 47.6 Å². The first-order valence-electron chi connectivity index (χ1n) is 7.73. The summed E-state index contributed by atoms with van der Waals surface area (Å²) in [7, 11) is -3.70. The fraction of sp³-hybridized carbons (Fsp3) is 0.294. The maximum absolute atomic E-state index is 12.6. The SMILES string of the molecule is CCCCNc1cc(C#N)ccc1S(=O)(=O)NCc1cccnc1. The summed E-state index contributed by atoms with van der Waals surface area (Å²) in [6.07, 6.45) is 5.15. The number of aromatic nitrogens is 1. The smallest absolute Gasteiger partial charge is 0.242 e. The van der Waals surface area contributed by atoms with Gasteiger partial charge in [-0.3, -0.25) is 4.98 Å². The third kappa shape index (κ3) is 4.78. The molecule has 0 aliphatic rings. The maximum Gasteiger partial charge on any atom is 0.242 e. The molecule has 2 aromatic rings. The van der Waals surface area contributed by atoms with Crippen molar-refractivity contribution in [1.82, 2.24) is 9.71 Å². The van der Waals surface area contributed by atoms with Crippen LogP contribution >= 0.6 is 0 Å². The summed E-state index contributed by atoms with van der Waals surface area (Å²) in [4.78, 5) is 4.11. The molecule has 6 nitrogen and oxygen atoms in total. The van der Waals surface area contributed by atoms with Crippen molar-refractivity contribution in [2.75, 3.05) is 11.9 Å². The largest absolute Gasteiger partial charge is 0.384 e. The number of anilines is 1. The third-order valence-electron chi connectivity index (χ3n) is 3.43. The summed E-state index contributed by atoms with van der Waals surface area (Å²) >= 11 is 0. The lowest BCUT2D eigenvalue weighted by atomic mass is 10.2. The van der Waals surface area contributed by atoms with E-state index in [1.54, 1.807) is 30.6 Å². The van der Waals surface area contributed by atoms with Crippen LogP contribution in [-0.4, -0.2) is 19.9 Å². The molecule has 7 heteroatoms. The molecule has 1 aromatic carbocycles. The lowest BCUT2D eigenvalue weighted by molar-refractivity contribution is 0.581. The Labute approximate surface area is 142 Å². The summed E-state index contributed by atoms with van der Waals surface area (Å²) in [5, 5.41) is 12.1. The van der Waals surface area contributed by atoms with Gasteiger partial charge in [0.25, 0.3) is 0 Å². The fourth-order valence-electron chi connectivity index (χ4n) is 2.13. The number of nitriles is 1. The lowest BCUT2D eigenvalue weighted by Gasteiger charge is -2.13. The second-order valence-electron chi connectivity index (χ2n) is 5.29. The molecule has 2 rings (SSSR count). The van der Waals surface area contributed by atoms with Crippen molar-refractivity contribution in [3.8, 4) is 6.07 Å². The topological polar surface area (TPSA) is 94.9 Å². The number of unbranched alkanes of at least 4 members (excludes halogenated alkanes) is 1. The molecule has 0 aliphatic carbocycles. The average Bonchev–Trinajstić information content (AvgIpc) is 2.61. The van der Waals surface area contributed by atoms with Crippen LogP contribution in [0.3, 0.4) is 0 Å². The average molecular weight is 344 g/mol. The molecule has 1 heterocycles. The van der Waals surface area contributed by atoms with Crippen molar-refractivity contribution >= 4 is 15.7 Å². The number of nitrogens with one attached hydrogen (secondary N) is 2. The number of pyridine rings is 1. The van der Waals surface area contributed by atoms with Crippen LogP contribution in [-0.2, 0) is 16.6 Å². The minimum absolute atomic E-state index is 0.140. The fourth-order valence-corrected chi connectivity index (χ4v) is 3.31. The van der Waals surface area contributed by atoms with Gasteiger partial charge in [-0.1, -0.05) is 19.4 Å². The number of hydrogen-bond acceptors (Lipinski definition) is 5. The van der Waals surface area contributed by atoms with Gasteiger partial charge in [-0.05, 0) is 36.2 Å². The Bertz CT molecular complexity index is 814. The summed E-state index contributed by atoms with van der Waals surface area (Å²) in [5.41, 5.74) is 1.64. The molecule has 0 bridgehead atoms. The first-order valence-corrected chi connectivity index (χ1v) is 9.21. The van der Waals surface area contributed by atoms with Crippen LogP contribution in [0.2, 0.25) is 0 Å². The van der Waals surface area contributed by atoms with Crippen molar-refractivity contribution in [3.63, 3.8) is 0 Å². The van der Waals surface area contributed by atoms with E-state index < -0.39 is 10.0 Å². The van der Waals surface area contributed by atoms with E-state index in [4.69, 9.17) is 5.26 Å². The van der Waals surface area contributed by atoms with Crippen molar-refractivity contribution in [2.45, 2.75) is 31.2 Å². The van der Waals surface area contributed by atoms with Crippen molar-refractivity contribution < 1.29 is 8.42 Å². The molecule has 0 amide bonds. The number of sulfonamides is 1. The van der Waals surface area contributed by atoms with Crippen molar-refractivity contribution in [3.05, 3.63) is 53.9 Å². The highest BCUT2D eigenvalue weighted by Crippen LogP contribution is 2.23. The second-order valence-corrected chi connectivity index (χ2v) is 7.02. The van der Waals surface area contributed by atoms with Gasteiger partial charge in [0.15, 0.2) is 0 Å². The molecule has 2 N–H and O–H groups in total. The van der Waals surface area contributed by atoms with Crippen molar-refractivity contribution in [1.29, 1.82) is 5.26 Å². The predicted molar refractivity (Wildman–Crippen MR) is 92.8 cm³/mol. The lowest BCUT2D eigenvalue weighted by Crippen LogP contribution is -2.24. The molecule has 0 saturated carbocycles. The van der Waals surface area contributed by atoms with Gasteiger partial charge >= 0.3 is 0 Å². The highest BCUT2D eigenvalue weighted by molar-refractivity contribution is 7.89. The van der Waals surface area contributed by atoms with Gasteiger partial charge in [0.2, 0.25) is 10.0 Å². The highest BCUT2D eigenvalue weighted by Gasteiger charge is 2.18. The number of rotatable bonds is 8. The highest BCUT2D eigenvalue weighted by atomic mass is 32.2. The Morgan fingerprint density at radius 2 is 2.12 bits per heavy atom. The van der Waals surface area contributed by atoms with E-state index in [0.29, 0.717) is 17.8 Å². The Hall–Kier alpha value is -2.43. The number of nitrogens with zero attached hydrogens (tertiary/aromatic N) is 2. The number of hydrogen-bond donors (Lipinski definition) is 2. The van der Waals surface area contributed by atoms with Crippen LogP contribution in [0.1, 0.15) is 30.9 Å². The molecule has 24 heavy (non-hydrogen) atoms. The molecule has 0 saturated heterocycles. The van der Waals surface area contributed by atoms with Gasteiger partial charge in [-0.2, -0.15) is 5.26 Å². The Morgan fingerprint density at radius 3 is 2.79 bits per heavy atom. The quantitative estimate of drug-likeness (QED) is 0.718. The summed E-state index contributed by atoms with van der Waals surface area (Å²) in [6, 6.07) is 10.1. The Kier molecular flexibility index (Phi) is 6.29. The molecule has 0 spiro atoms. The Morgan fingerprint density at radius 1 is 1.29 bits per heavy atom. The molecular weight excluding hydrogens is 324 g/mol. The normalized spacial score (nSPS) is 11.0. The van der Waals surface area contributed by atoms with Gasteiger partial charge in [-0.25, -0.2) is 13.1 Å². The molecule has 0 atom stereocenters. The van der Waals surface area contributed by atoms with Gasteiger partial charge in [0.05, 0.1) is 17.3 Å². The van der Waals surface area contributed by atoms with E-state index >= 15 is 0 Å². The predicted octanol–water partition coefficient (Wildman–Crippen LogP) is 2.64. The van der Waals surface area contributed by atoms with Gasteiger partial charge in [0.1, 0.15) is 4.90 Å². The van der Waals surface area contributed by atoms with Crippen LogP contribution in [0, 0.1) is 11.3 Å². The summed E-state index contributed by atoms with van der Waals surface area (Å²) in [5.74, 6) is 0.